The maximum Gasteiger partial charge on any atom is 0.228 e. The van der Waals surface area contributed by atoms with Crippen molar-refractivity contribution in [3.8, 4) is 11.5 Å². The number of nitrogens with zero attached hydrogens (tertiary/aromatic N) is 3. The summed E-state index contributed by atoms with van der Waals surface area (Å²) >= 11 is 0. The Bertz CT molecular complexity index is 553. The molecule has 0 saturated heterocycles. The highest BCUT2D eigenvalue weighted by Crippen LogP contribution is 2.17. The quantitative estimate of drug-likeness (QED) is 0.808. The van der Waals surface area contributed by atoms with Crippen LogP contribution in [0.4, 0.5) is 0 Å². The van der Waals surface area contributed by atoms with E-state index in [1.54, 1.807) is 6.20 Å². The minimum Gasteiger partial charge on any atom is -0.339 e. The zero-order valence-corrected chi connectivity index (χ0v) is 13.1. The number of nitrogens with one attached hydrogen (secondary N) is 1. The van der Waals surface area contributed by atoms with Crippen LogP contribution in [0.1, 0.15) is 44.6 Å². The van der Waals surface area contributed by atoms with Crippen molar-refractivity contribution < 1.29 is 4.52 Å². The van der Waals surface area contributed by atoms with Gasteiger partial charge in [0.2, 0.25) is 11.7 Å². The average Bonchev–Trinajstić information content (AvgIpc) is 2.94. The maximum absolute atomic E-state index is 5.39. The van der Waals surface area contributed by atoms with Crippen LogP contribution in [-0.4, -0.2) is 27.7 Å². The van der Waals surface area contributed by atoms with Crippen molar-refractivity contribution in [2.75, 3.05) is 6.54 Å². The van der Waals surface area contributed by atoms with Gasteiger partial charge in [0.15, 0.2) is 0 Å². The summed E-state index contributed by atoms with van der Waals surface area (Å²) in [4.78, 5) is 8.82. The molecule has 0 fully saturated rings. The molecule has 0 bridgehead atoms. The summed E-state index contributed by atoms with van der Waals surface area (Å²) in [6, 6.07) is 4.31. The van der Waals surface area contributed by atoms with Gasteiger partial charge in [-0.25, -0.2) is 0 Å². The maximum atomic E-state index is 5.39. The summed E-state index contributed by atoms with van der Waals surface area (Å²) in [5.41, 5.74) is 1.85. The summed E-state index contributed by atoms with van der Waals surface area (Å²) in [6.07, 6.45) is 5.90. The van der Waals surface area contributed by atoms with Crippen LogP contribution >= 0.6 is 0 Å². The third kappa shape index (κ3) is 4.36. The zero-order chi connectivity index (χ0) is 15.1. The van der Waals surface area contributed by atoms with Crippen LogP contribution in [0.2, 0.25) is 0 Å². The molecule has 2 aromatic heterocycles. The fourth-order valence-electron chi connectivity index (χ4n) is 2.34. The largest absolute Gasteiger partial charge is 0.339 e. The van der Waals surface area contributed by atoms with Crippen molar-refractivity contribution in [2.24, 2.45) is 0 Å². The van der Waals surface area contributed by atoms with Crippen LogP contribution in [0.3, 0.4) is 0 Å². The Morgan fingerprint density at radius 1 is 1.29 bits per heavy atom. The van der Waals surface area contributed by atoms with Gasteiger partial charge in [0, 0.05) is 18.7 Å². The molecule has 2 rings (SSSR count). The van der Waals surface area contributed by atoms with Crippen LogP contribution in [0.25, 0.3) is 11.5 Å². The lowest BCUT2D eigenvalue weighted by atomic mass is 10.1. The van der Waals surface area contributed by atoms with Crippen molar-refractivity contribution in [3.05, 3.63) is 29.8 Å². The van der Waals surface area contributed by atoms with Gasteiger partial charge in [0.05, 0.1) is 0 Å². The average molecular weight is 288 g/mol. The minimum absolute atomic E-state index is 0.396. The van der Waals surface area contributed by atoms with Gasteiger partial charge < -0.3 is 9.84 Å². The van der Waals surface area contributed by atoms with E-state index in [1.807, 2.05) is 19.1 Å². The second-order valence-electron chi connectivity index (χ2n) is 5.32. The first-order chi connectivity index (χ1) is 10.2. The van der Waals surface area contributed by atoms with Crippen LogP contribution in [0.15, 0.2) is 22.9 Å². The molecule has 0 aliphatic carbocycles. The van der Waals surface area contributed by atoms with Gasteiger partial charge in [0.25, 0.3) is 0 Å². The lowest BCUT2D eigenvalue weighted by molar-refractivity contribution is 0.350. The molecule has 0 aromatic carbocycles. The molecular weight excluding hydrogens is 264 g/mol. The Labute approximate surface area is 126 Å². The minimum atomic E-state index is 0.396. The molecule has 114 valence electrons. The first-order valence-electron chi connectivity index (χ1n) is 7.72. The lowest BCUT2D eigenvalue weighted by Crippen LogP contribution is -2.31. The number of aromatic nitrogens is 3. The van der Waals surface area contributed by atoms with Gasteiger partial charge in [-0.15, -0.1) is 0 Å². The van der Waals surface area contributed by atoms with Crippen molar-refractivity contribution in [2.45, 2.75) is 52.5 Å². The van der Waals surface area contributed by atoms with Crippen LogP contribution < -0.4 is 5.32 Å². The molecule has 2 heterocycles. The molecule has 5 nitrogen and oxygen atoms in total. The Morgan fingerprint density at radius 3 is 2.86 bits per heavy atom. The number of hydrogen-bond donors (Lipinski definition) is 1. The third-order valence-corrected chi connectivity index (χ3v) is 3.43. The summed E-state index contributed by atoms with van der Waals surface area (Å²) in [6.45, 7) is 7.38. The molecule has 0 aliphatic rings. The van der Waals surface area contributed by atoms with E-state index >= 15 is 0 Å². The van der Waals surface area contributed by atoms with Crippen LogP contribution in [-0.2, 0) is 6.42 Å². The van der Waals surface area contributed by atoms with E-state index in [-0.39, 0.29) is 0 Å². The molecular formula is C16H24N4O. The molecule has 1 atom stereocenters. The summed E-state index contributed by atoms with van der Waals surface area (Å²) < 4.78 is 5.39. The number of pyridine rings is 1. The first-order valence-corrected chi connectivity index (χ1v) is 7.72. The summed E-state index contributed by atoms with van der Waals surface area (Å²) in [5, 5.41) is 7.60. The van der Waals surface area contributed by atoms with E-state index in [2.05, 4.69) is 34.3 Å². The lowest BCUT2D eigenvalue weighted by Gasteiger charge is -2.15. The highest BCUT2D eigenvalue weighted by atomic mass is 16.5. The molecule has 5 heteroatoms. The molecule has 0 aliphatic heterocycles. The highest BCUT2D eigenvalue weighted by molar-refractivity contribution is 5.53. The van der Waals surface area contributed by atoms with Gasteiger partial charge >= 0.3 is 0 Å². The SMILES string of the molecule is CCCNC(CCC)Cc1nc(-c2ncccc2C)no1. The van der Waals surface area contributed by atoms with Gasteiger partial charge in [-0.1, -0.05) is 31.5 Å². The van der Waals surface area contributed by atoms with Gasteiger partial charge in [-0.3, -0.25) is 4.98 Å². The summed E-state index contributed by atoms with van der Waals surface area (Å²) in [7, 11) is 0. The van der Waals surface area contributed by atoms with Gasteiger partial charge in [0.1, 0.15) is 5.69 Å². The monoisotopic (exact) mass is 288 g/mol. The molecule has 0 saturated carbocycles. The predicted molar refractivity (Wildman–Crippen MR) is 83.0 cm³/mol. The van der Waals surface area contributed by atoms with E-state index in [1.165, 1.54) is 0 Å². The molecule has 1 unspecified atom stereocenters. The fourth-order valence-corrected chi connectivity index (χ4v) is 2.34. The highest BCUT2D eigenvalue weighted by Gasteiger charge is 2.15. The van der Waals surface area contributed by atoms with Crippen molar-refractivity contribution in [1.82, 2.24) is 20.4 Å². The van der Waals surface area contributed by atoms with E-state index < -0.39 is 0 Å². The smallest absolute Gasteiger partial charge is 0.228 e. The van der Waals surface area contributed by atoms with E-state index in [0.29, 0.717) is 17.8 Å². The Hall–Kier alpha value is -1.75. The standard InChI is InChI=1S/C16H24N4O/c1-4-7-13(17-9-5-2)11-14-19-16(20-21-14)15-12(3)8-6-10-18-15/h6,8,10,13,17H,4-5,7,9,11H2,1-3H3. The molecule has 0 radical (unpaired) electrons. The first kappa shape index (κ1) is 15.6. The van der Waals surface area contributed by atoms with Crippen molar-refractivity contribution in [1.29, 1.82) is 0 Å². The zero-order valence-electron chi connectivity index (χ0n) is 13.1. The van der Waals surface area contributed by atoms with E-state index in [9.17, 15) is 0 Å². The molecule has 21 heavy (non-hydrogen) atoms. The molecule has 0 spiro atoms. The number of aryl methyl sites for hydroxylation is 1. The molecule has 1 N–H and O–H groups in total. The van der Waals surface area contributed by atoms with Gasteiger partial charge in [-0.05, 0) is 37.9 Å². The topological polar surface area (TPSA) is 63.8 Å². The van der Waals surface area contributed by atoms with Crippen molar-refractivity contribution in [3.63, 3.8) is 0 Å². The van der Waals surface area contributed by atoms with Crippen LogP contribution in [0.5, 0.6) is 0 Å². The van der Waals surface area contributed by atoms with Gasteiger partial charge in [-0.2, -0.15) is 4.98 Å². The Morgan fingerprint density at radius 2 is 2.14 bits per heavy atom. The normalized spacial score (nSPS) is 12.5. The second-order valence-corrected chi connectivity index (χ2v) is 5.32. The Kier molecular flexibility index (Phi) is 5.87. The van der Waals surface area contributed by atoms with E-state index in [4.69, 9.17) is 4.52 Å². The van der Waals surface area contributed by atoms with E-state index in [0.717, 1.165) is 43.5 Å². The van der Waals surface area contributed by atoms with Crippen LogP contribution in [0, 0.1) is 6.92 Å². The predicted octanol–water partition coefficient (Wildman–Crippen LogP) is 3.15. The number of hydrogen-bond acceptors (Lipinski definition) is 5. The third-order valence-electron chi connectivity index (χ3n) is 3.43. The fraction of sp³-hybridized carbons (Fsp3) is 0.562. The summed E-state index contributed by atoms with van der Waals surface area (Å²) in [5.74, 6) is 1.26. The second kappa shape index (κ2) is 7.88. The Balaban J connectivity index is 2.06. The van der Waals surface area contributed by atoms with Crippen molar-refractivity contribution >= 4 is 0 Å². The number of rotatable bonds is 8. The molecule has 0 amide bonds. The molecule has 2 aromatic rings.